The van der Waals surface area contributed by atoms with Crippen LogP contribution >= 0.6 is 0 Å². The Hall–Kier alpha value is -1.18. The summed E-state index contributed by atoms with van der Waals surface area (Å²) in [6, 6.07) is 6.20. The van der Waals surface area contributed by atoms with Crippen LogP contribution in [0.3, 0.4) is 0 Å². The molecule has 82 valence electrons. The Morgan fingerprint density at radius 1 is 1.40 bits per heavy atom. The van der Waals surface area contributed by atoms with Gasteiger partial charge in [-0.15, -0.1) is 0 Å². The van der Waals surface area contributed by atoms with Gasteiger partial charge < -0.3 is 10.6 Å². The lowest BCUT2D eigenvalue weighted by Gasteiger charge is -2.34. The fourth-order valence-electron chi connectivity index (χ4n) is 2.38. The molecular formula is C13H20N2. The first-order valence-electron chi connectivity index (χ1n) is 5.78. The van der Waals surface area contributed by atoms with E-state index in [-0.39, 0.29) is 0 Å². The summed E-state index contributed by atoms with van der Waals surface area (Å²) in [6.07, 6.45) is 2.66. The molecule has 2 N–H and O–H groups in total. The van der Waals surface area contributed by atoms with Crippen LogP contribution in [0.2, 0.25) is 0 Å². The first-order valence-corrected chi connectivity index (χ1v) is 5.78. The molecule has 0 saturated carbocycles. The summed E-state index contributed by atoms with van der Waals surface area (Å²) in [4.78, 5) is 2.47. The number of hydrogen-bond donors (Lipinski definition) is 1. The highest BCUT2D eigenvalue weighted by Crippen LogP contribution is 2.27. The number of piperidine rings is 1. The van der Waals surface area contributed by atoms with Crippen LogP contribution in [0.4, 0.5) is 11.4 Å². The Morgan fingerprint density at radius 2 is 2.20 bits per heavy atom. The molecule has 15 heavy (non-hydrogen) atoms. The van der Waals surface area contributed by atoms with E-state index in [1.165, 1.54) is 37.2 Å². The summed E-state index contributed by atoms with van der Waals surface area (Å²) in [5, 5.41) is 0. The topological polar surface area (TPSA) is 29.3 Å². The minimum Gasteiger partial charge on any atom is -0.399 e. The molecule has 1 aromatic rings. The monoisotopic (exact) mass is 204 g/mol. The molecule has 1 unspecified atom stereocenters. The molecule has 1 aliphatic heterocycles. The quantitative estimate of drug-likeness (QED) is 0.713. The smallest absolute Gasteiger partial charge is 0.0416 e. The van der Waals surface area contributed by atoms with Crippen molar-refractivity contribution in [1.82, 2.24) is 0 Å². The van der Waals surface area contributed by atoms with Crippen molar-refractivity contribution in [3.05, 3.63) is 23.8 Å². The SMILES string of the molecule is Cc1ccc(N)cc1N1CCCC(C)C1. The second kappa shape index (κ2) is 4.13. The van der Waals surface area contributed by atoms with Crippen LogP contribution in [0, 0.1) is 12.8 Å². The van der Waals surface area contributed by atoms with Crippen molar-refractivity contribution in [3.8, 4) is 0 Å². The van der Waals surface area contributed by atoms with E-state index >= 15 is 0 Å². The lowest BCUT2D eigenvalue weighted by Crippen LogP contribution is -2.34. The number of benzene rings is 1. The van der Waals surface area contributed by atoms with Crippen molar-refractivity contribution >= 4 is 11.4 Å². The molecule has 0 bridgehead atoms. The van der Waals surface area contributed by atoms with Crippen molar-refractivity contribution in [1.29, 1.82) is 0 Å². The summed E-state index contributed by atoms with van der Waals surface area (Å²) in [5.74, 6) is 0.805. The number of nitrogens with two attached hydrogens (primary N) is 1. The molecule has 1 atom stereocenters. The average Bonchev–Trinajstić information content (AvgIpc) is 2.22. The maximum absolute atomic E-state index is 5.84. The number of nitrogens with zero attached hydrogens (tertiary/aromatic N) is 1. The predicted molar refractivity (Wildman–Crippen MR) is 66.2 cm³/mol. The molecule has 1 aromatic carbocycles. The van der Waals surface area contributed by atoms with Gasteiger partial charge in [0.1, 0.15) is 0 Å². The fraction of sp³-hybridized carbons (Fsp3) is 0.538. The van der Waals surface area contributed by atoms with Crippen LogP contribution in [0.5, 0.6) is 0 Å². The van der Waals surface area contributed by atoms with E-state index in [1.807, 2.05) is 6.07 Å². The van der Waals surface area contributed by atoms with Crippen molar-refractivity contribution in [3.63, 3.8) is 0 Å². The number of hydrogen-bond acceptors (Lipinski definition) is 2. The number of anilines is 2. The Bertz CT molecular complexity index is 346. The lowest BCUT2D eigenvalue weighted by atomic mass is 9.99. The van der Waals surface area contributed by atoms with Crippen molar-refractivity contribution in [2.24, 2.45) is 5.92 Å². The zero-order chi connectivity index (χ0) is 10.8. The Morgan fingerprint density at radius 3 is 2.93 bits per heavy atom. The molecule has 0 radical (unpaired) electrons. The van der Waals surface area contributed by atoms with Gasteiger partial charge >= 0.3 is 0 Å². The van der Waals surface area contributed by atoms with Gasteiger partial charge in [0.25, 0.3) is 0 Å². The molecule has 0 aliphatic carbocycles. The second-order valence-electron chi connectivity index (χ2n) is 4.74. The molecule has 1 saturated heterocycles. The van der Waals surface area contributed by atoms with Crippen LogP contribution in [0.25, 0.3) is 0 Å². The predicted octanol–water partition coefficient (Wildman–Crippen LogP) is 2.81. The van der Waals surface area contributed by atoms with Gasteiger partial charge in [-0.25, -0.2) is 0 Å². The van der Waals surface area contributed by atoms with E-state index in [2.05, 4.69) is 30.9 Å². The number of rotatable bonds is 1. The highest BCUT2D eigenvalue weighted by Gasteiger charge is 2.17. The van der Waals surface area contributed by atoms with Crippen LogP contribution in [0.15, 0.2) is 18.2 Å². The minimum atomic E-state index is 0.805. The number of aryl methyl sites for hydroxylation is 1. The van der Waals surface area contributed by atoms with E-state index in [4.69, 9.17) is 5.73 Å². The molecular weight excluding hydrogens is 184 g/mol. The first kappa shape index (κ1) is 10.3. The van der Waals surface area contributed by atoms with E-state index in [1.54, 1.807) is 0 Å². The Balaban J connectivity index is 2.24. The third-order valence-corrected chi connectivity index (χ3v) is 3.23. The first-order chi connectivity index (χ1) is 7.16. The van der Waals surface area contributed by atoms with Crippen molar-refractivity contribution < 1.29 is 0 Å². The molecule has 0 aromatic heterocycles. The highest BCUT2D eigenvalue weighted by molar-refractivity contribution is 5.61. The standard InChI is InChI=1S/C13H20N2/c1-10-4-3-7-15(9-10)13-8-12(14)6-5-11(13)2/h5-6,8,10H,3-4,7,9,14H2,1-2H3. The largest absolute Gasteiger partial charge is 0.399 e. The molecule has 2 nitrogen and oxygen atoms in total. The maximum atomic E-state index is 5.84. The van der Waals surface area contributed by atoms with Crippen LogP contribution in [0.1, 0.15) is 25.3 Å². The third kappa shape index (κ3) is 2.25. The zero-order valence-corrected chi connectivity index (χ0v) is 9.66. The van der Waals surface area contributed by atoms with E-state index in [0.717, 1.165) is 11.6 Å². The van der Waals surface area contributed by atoms with Gasteiger partial charge in [0.2, 0.25) is 0 Å². The van der Waals surface area contributed by atoms with Gasteiger partial charge in [0.15, 0.2) is 0 Å². The summed E-state index contributed by atoms with van der Waals surface area (Å²) in [7, 11) is 0. The minimum absolute atomic E-state index is 0.805. The molecule has 1 heterocycles. The van der Waals surface area contributed by atoms with E-state index in [9.17, 15) is 0 Å². The maximum Gasteiger partial charge on any atom is 0.0416 e. The third-order valence-electron chi connectivity index (χ3n) is 3.23. The van der Waals surface area contributed by atoms with Gasteiger partial charge in [-0.1, -0.05) is 13.0 Å². The lowest BCUT2D eigenvalue weighted by molar-refractivity contribution is 0.446. The van der Waals surface area contributed by atoms with Crippen LogP contribution < -0.4 is 10.6 Å². The van der Waals surface area contributed by atoms with Crippen LogP contribution in [-0.2, 0) is 0 Å². The van der Waals surface area contributed by atoms with Crippen molar-refractivity contribution in [2.75, 3.05) is 23.7 Å². The Labute approximate surface area is 92.1 Å². The summed E-state index contributed by atoms with van der Waals surface area (Å²) < 4.78 is 0. The molecule has 0 amide bonds. The van der Waals surface area contributed by atoms with E-state index in [0.29, 0.717) is 0 Å². The Kier molecular flexibility index (Phi) is 2.85. The number of nitrogen functional groups attached to an aromatic ring is 1. The van der Waals surface area contributed by atoms with Gasteiger partial charge in [-0.05, 0) is 43.4 Å². The van der Waals surface area contributed by atoms with Crippen LogP contribution in [-0.4, -0.2) is 13.1 Å². The van der Waals surface area contributed by atoms with Gasteiger partial charge in [-0.2, -0.15) is 0 Å². The zero-order valence-electron chi connectivity index (χ0n) is 9.66. The molecule has 1 aliphatic rings. The fourth-order valence-corrected chi connectivity index (χ4v) is 2.38. The molecule has 0 spiro atoms. The molecule has 1 fully saturated rings. The average molecular weight is 204 g/mol. The van der Waals surface area contributed by atoms with Gasteiger partial charge in [0.05, 0.1) is 0 Å². The summed E-state index contributed by atoms with van der Waals surface area (Å²) in [6.45, 7) is 6.83. The molecule has 2 heteroatoms. The summed E-state index contributed by atoms with van der Waals surface area (Å²) in [5.41, 5.74) is 9.36. The van der Waals surface area contributed by atoms with Gasteiger partial charge in [0, 0.05) is 24.5 Å². The van der Waals surface area contributed by atoms with Gasteiger partial charge in [-0.3, -0.25) is 0 Å². The van der Waals surface area contributed by atoms with E-state index < -0.39 is 0 Å². The van der Waals surface area contributed by atoms with Crippen molar-refractivity contribution in [2.45, 2.75) is 26.7 Å². The normalized spacial score (nSPS) is 21.7. The summed E-state index contributed by atoms with van der Waals surface area (Å²) >= 11 is 0. The highest BCUT2D eigenvalue weighted by atomic mass is 15.1. The second-order valence-corrected chi connectivity index (χ2v) is 4.74. The molecule has 2 rings (SSSR count).